The van der Waals surface area contributed by atoms with Crippen molar-refractivity contribution in [3.63, 3.8) is 0 Å². The van der Waals surface area contributed by atoms with Crippen molar-refractivity contribution in [3.05, 3.63) is 141 Å². The van der Waals surface area contributed by atoms with E-state index >= 15 is 0 Å². The van der Waals surface area contributed by atoms with E-state index in [4.69, 9.17) is 9.47 Å². The minimum Gasteiger partial charge on any atom is -0.497 e. The Morgan fingerprint density at radius 2 is 1.69 bits per heavy atom. The number of carbonyl (C=O) groups excluding carboxylic acids is 1. The number of hydrogen-bond donors (Lipinski definition) is 1. The average molecular weight is 769 g/mol. The molecule has 1 N–H and O–H groups in total. The van der Waals surface area contributed by atoms with Gasteiger partial charge in [-0.2, -0.15) is 0 Å². The second-order valence-corrected chi connectivity index (χ2v) is 14.9. The minimum atomic E-state index is -1.15. The number of rotatable bonds is 10. The van der Waals surface area contributed by atoms with E-state index in [9.17, 15) is 9.90 Å². The van der Waals surface area contributed by atoms with Crippen molar-refractivity contribution in [2.75, 3.05) is 12.0 Å². The number of amides is 1. The van der Waals surface area contributed by atoms with Crippen molar-refractivity contribution in [1.29, 1.82) is 0 Å². The number of fused-ring (bicyclic) bond motifs is 2. The van der Waals surface area contributed by atoms with Crippen LogP contribution in [0.3, 0.4) is 0 Å². The zero-order valence-corrected chi connectivity index (χ0v) is 30.3. The summed E-state index contributed by atoms with van der Waals surface area (Å²) in [4.78, 5) is 16.9. The van der Waals surface area contributed by atoms with Crippen LogP contribution in [0.15, 0.2) is 109 Å². The number of carbonyl (C=O) groups is 1. The van der Waals surface area contributed by atoms with Crippen LogP contribution in [0.1, 0.15) is 61.2 Å². The summed E-state index contributed by atoms with van der Waals surface area (Å²) in [7, 11) is 1.67. The number of methoxy groups -OCH3 is 1. The Bertz CT molecular complexity index is 1930. The van der Waals surface area contributed by atoms with E-state index in [1.165, 1.54) is 0 Å². The quantitative estimate of drug-likeness (QED) is 0.149. The van der Waals surface area contributed by atoms with Crippen molar-refractivity contribution in [1.82, 2.24) is 15.0 Å². The van der Waals surface area contributed by atoms with Crippen LogP contribution in [0, 0.1) is 15.4 Å². The standard InChI is InChI=1S/C40H41IN4O4/c1-26-36(39(2,3)29-15-18-31(48-4)19-16-29)35(21-22-44-25-33(42-43-44)37(46)28-13-9-6-10-14-28)49-40(26)32-23-30(41)17-20-34(32)45(38(40)47)24-27-11-7-5-8-12-27/h5-20,23,25-26,35-37,46H,21-22,24H2,1-4H3/t26-,35+,36-,37-,40+/m1/s1. The fourth-order valence-corrected chi connectivity index (χ4v) is 8.58. The predicted octanol–water partition coefficient (Wildman–Crippen LogP) is 7.43. The van der Waals surface area contributed by atoms with E-state index < -0.39 is 11.7 Å². The molecule has 252 valence electrons. The number of aryl methyl sites for hydroxylation is 1. The highest BCUT2D eigenvalue weighted by molar-refractivity contribution is 14.1. The summed E-state index contributed by atoms with van der Waals surface area (Å²) in [5, 5.41) is 19.6. The molecule has 0 unspecified atom stereocenters. The number of aliphatic hydroxyl groups is 1. The number of anilines is 1. The van der Waals surface area contributed by atoms with Gasteiger partial charge in [0, 0.05) is 27.5 Å². The van der Waals surface area contributed by atoms with E-state index in [0.717, 1.165) is 37.3 Å². The Hall–Kier alpha value is -4.06. The second-order valence-electron chi connectivity index (χ2n) is 13.7. The number of aromatic nitrogens is 3. The van der Waals surface area contributed by atoms with Gasteiger partial charge in [0.25, 0.3) is 5.91 Å². The molecule has 1 aromatic heterocycles. The molecule has 1 amide bonds. The van der Waals surface area contributed by atoms with Gasteiger partial charge < -0.3 is 19.5 Å². The lowest BCUT2D eigenvalue weighted by atomic mass is 9.63. The van der Waals surface area contributed by atoms with Crippen LogP contribution in [0.5, 0.6) is 5.75 Å². The van der Waals surface area contributed by atoms with Crippen LogP contribution >= 0.6 is 22.6 Å². The fourth-order valence-electron chi connectivity index (χ4n) is 8.09. The van der Waals surface area contributed by atoms with E-state index in [1.54, 1.807) is 18.0 Å². The summed E-state index contributed by atoms with van der Waals surface area (Å²) < 4.78 is 15.6. The minimum absolute atomic E-state index is 0.0205. The topological polar surface area (TPSA) is 89.7 Å². The lowest BCUT2D eigenvalue weighted by molar-refractivity contribution is -0.146. The molecule has 1 saturated heterocycles. The normalized spacial score (nSPS) is 22.4. The van der Waals surface area contributed by atoms with Gasteiger partial charge in [-0.25, -0.2) is 0 Å². The molecule has 2 aliphatic heterocycles. The Morgan fingerprint density at radius 1 is 1.00 bits per heavy atom. The maximum Gasteiger partial charge on any atom is 0.264 e. The molecule has 0 aliphatic carbocycles. The van der Waals surface area contributed by atoms with Gasteiger partial charge in [0.2, 0.25) is 0 Å². The van der Waals surface area contributed by atoms with E-state index in [1.807, 2.05) is 65.6 Å². The molecule has 3 heterocycles. The molecule has 7 rings (SSSR count). The molecule has 8 nitrogen and oxygen atoms in total. The highest BCUT2D eigenvalue weighted by Gasteiger charge is 2.65. The van der Waals surface area contributed by atoms with Crippen LogP contribution in [-0.2, 0) is 33.6 Å². The number of ether oxygens (including phenoxy) is 2. The summed E-state index contributed by atoms with van der Waals surface area (Å²) in [6, 6.07) is 34.1. The molecule has 5 aromatic rings. The second kappa shape index (κ2) is 13.3. The first-order valence-electron chi connectivity index (χ1n) is 16.7. The highest BCUT2D eigenvalue weighted by Crippen LogP contribution is 2.60. The molecule has 9 heteroatoms. The van der Waals surface area contributed by atoms with Crippen LogP contribution in [0.4, 0.5) is 5.69 Å². The molecule has 5 atom stereocenters. The summed E-state index contributed by atoms with van der Waals surface area (Å²) in [5.41, 5.74) is 3.78. The third-order valence-corrected chi connectivity index (χ3v) is 11.2. The van der Waals surface area contributed by atoms with Gasteiger partial charge in [0.05, 0.1) is 31.6 Å². The van der Waals surface area contributed by atoms with Gasteiger partial charge in [-0.15, -0.1) is 5.10 Å². The molecule has 0 saturated carbocycles. The van der Waals surface area contributed by atoms with Gasteiger partial charge in [-0.05, 0) is 81.4 Å². The van der Waals surface area contributed by atoms with E-state index in [2.05, 4.69) is 96.1 Å². The summed E-state index contributed by atoms with van der Waals surface area (Å²) >= 11 is 2.33. The molecule has 1 spiro atoms. The predicted molar refractivity (Wildman–Crippen MR) is 197 cm³/mol. The Kier molecular flexibility index (Phi) is 9.10. The summed E-state index contributed by atoms with van der Waals surface area (Å²) in [5.74, 6) is 0.582. The number of aliphatic hydroxyl groups excluding tert-OH is 1. The molecule has 4 aromatic carbocycles. The van der Waals surface area contributed by atoms with Gasteiger partial charge in [0.15, 0.2) is 5.60 Å². The summed E-state index contributed by atoms with van der Waals surface area (Å²) in [6.07, 6.45) is 1.25. The fraction of sp³-hybridized carbons (Fsp3) is 0.325. The molecule has 49 heavy (non-hydrogen) atoms. The van der Waals surface area contributed by atoms with Crippen molar-refractivity contribution < 1.29 is 19.4 Å². The third kappa shape index (κ3) is 5.95. The Balaban J connectivity index is 1.25. The Labute approximate surface area is 301 Å². The van der Waals surface area contributed by atoms with Crippen molar-refractivity contribution in [3.8, 4) is 5.75 Å². The summed E-state index contributed by atoms with van der Waals surface area (Å²) in [6.45, 7) is 7.68. The highest BCUT2D eigenvalue weighted by atomic mass is 127. The van der Waals surface area contributed by atoms with Crippen molar-refractivity contribution in [2.24, 2.45) is 11.8 Å². The Morgan fingerprint density at radius 3 is 2.39 bits per heavy atom. The monoisotopic (exact) mass is 768 g/mol. The van der Waals surface area contributed by atoms with Crippen molar-refractivity contribution >= 4 is 34.2 Å². The number of nitrogens with zero attached hydrogens (tertiary/aromatic N) is 4. The SMILES string of the molecule is COc1ccc(C(C)(C)[C@H]2[C@H](CCn3cc([C@H](O)c4ccccc4)nn3)O[C@@]3(C(=O)N(Cc4ccccc4)c4ccc(I)cc43)[C@@H]2C)cc1. The van der Waals surface area contributed by atoms with Gasteiger partial charge in [0.1, 0.15) is 17.5 Å². The lowest BCUT2D eigenvalue weighted by Gasteiger charge is -2.38. The van der Waals surface area contributed by atoms with Crippen molar-refractivity contribution in [2.45, 2.75) is 63.5 Å². The molecule has 1 fully saturated rings. The van der Waals surface area contributed by atoms with Gasteiger partial charge in [-0.1, -0.05) is 98.8 Å². The first-order valence-corrected chi connectivity index (χ1v) is 17.8. The van der Waals surface area contributed by atoms with Crippen LogP contribution in [0.25, 0.3) is 0 Å². The van der Waals surface area contributed by atoms with Crippen LogP contribution < -0.4 is 9.64 Å². The largest absolute Gasteiger partial charge is 0.497 e. The molecule has 0 radical (unpaired) electrons. The number of benzene rings is 4. The van der Waals surface area contributed by atoms with Crippen LogP contribution in [-0.4, -0.2) is 39.2 Å². The van der Waals surface area contributed by atoms with Crippen LogP contribution in [0.2, 0.25) is 0 Å². The van der Waals surface area contributed by atoms with E-state index in [0.29, 0.717) is 25.2 Å². The number of hydrogen-bond acceptors (Lipinski definition) is 6. The average Bonchev–Trinajstić information content (AvgIpc) is 3.78. The first kappa shape index (κ1) is 33.4. The number of halogens is 1. The zero-order chi connectivity index (χ0) is 34.3. The first-order chi connectivity index (χ1) is 23.6. The maximum atomic E-state index is 15.0. The van der Waals surface area contributed by atoms with E-state index in [-0.39, 0.29) is 29.3 Å². The third-order valence-electron chi connectivity index (χ3n) is 10.6. The molecular formula is C40H41IN4O4. The smallest absolute Gasteiger partial charge is 0.264 e. The van der Waals surface area contributed by atoms with Gasteiger partial charge >= 0.3 is 0 Å². The zero-order valence-electron chi connectivity index (χ0n) is 28.2. The molecule has 0 bridgehead atoms. The lowest BCUT2D eigenvalue weighted by Crippen LogP contribution is -2.45. The van der Waals surface area contributed by atoms with Gasteiger partial charge in [-0.3, -0.25) is 9.48 Å². The maximum absolute atomic E-state index is 15.0. The molecular weight excluding hydrogens is 727 g/mol. The molecule has 2 aliphatic rings.